The molecule has 1 aliphatic rings. The molecule has 1 heterocycles. The second-order valence-electron chi connectivity index (χ2n) is 8.73. The number of rotatable bonds is 12. The number of hydrogen-bond acceptors (Lipinski definition) is 5. The summed E-state index contributed by atoms with van der Waals surface area (Å²) in [4.78, 5) is 19.4. The summed E-state index contributed by atoms with van der Waals surface area (Å²) in [6.07, 6.45) is -2.04. The lowest BCUT2D eigenvalue weighted by Gasteiger charge is -2.35. The van der Waals surface area contributed by atoms with E-state index in [0.29, 0.717) is 6.61 Å². The highest BCUT2D eigenvalue weighted by atomic mass is 31.2. The van der Waals surface area contributed by atoms with Gasteiger partial charge in [-0.25, -0.2) is 0 Å². The summed E-state index contributed by atoms with van der Waals surface area (Å²) in [5.74, 6) is 0. The Morgan fingerprint density at radius 2 is 1.31 bits per heavy atom. The van der Waals surface area contributed by atoms with Crippen molar-refractivity contribution in [2.24, 2.45) is 0 Å². The van der Waals surface area contributed by atoms with Gasteiger partial charge >= 0.3 is 7.60 Å². The van der Waals surface area contributed by atoms with E-state index in [1.54, 1.807) is 0 Å². The van der Waals surface area contributed by atoms with Gasteiger partial charge in [0, 0.05) is 0 Å². The van der Waals surface area contributed by atoms with Crippen LogP contribution < -0.4 is 0 Å². The summed E-state index contributed by atoms with van der Waals surface area (Å²) in [6.45, 7) is 1.14. The first-order valence-corrected chi connectivity index (χ1v) is 13.3. The van der Waals surface area contributed by atoms with Gasteiger partial charge in [0.05, 0.1) is 45.3 Å². The van der Waals surface area contributed by atoms with Crippen LogP contribution in [0.3, 0.4) is 0 Å². The summed E-state index contributed by atoms with van der Waals surface area (Å²) in [5.41, 5.74) is 1.88. The van der Waals surface area contributed by atoms with Gasteiger partial charge in [0.15, 0.2) is 0 Å². The Morgan fingerprint density at radius 1 is 0.800 bits per heavy atom. The van der Waals surface area contributed by atoms with Gasteiger partial charge in [0.2, 0.25) is 0 Å². The van der Waals surface area contributed by atoms with Gasteiger partial charge < -0.3 is 28.7 Å². The average Bonchev–Trinajstić information content (AvgIpc) is 3.19. The maximum Gasteiger partial charge on any atom is 0.328 e. The first kappa shape index (κ1) is 25.7. The predicted molar refractivity (Wildman–Crippen MR) is 132 cm³/mol. The molecular formula is C27H31O7P. The monoisotopic (exact) mass is 498 g/mol. The number of hydrogen-bond donors (Lipinski definition) is 2. The molecule has 3 aromatic rings. The van der Waals surface area contributed by atoms with E-state index >= 15 is 0 Å². The average molecular weight is 499 g/mol. The molecule has 186 valence electrons. The molecule has 0 spiro atoms. The zero-order valence-corrected chi connectivity index (χ0v) is 20.3. The Hall–Kier alpha value is -2.35. The van der Waals surface area contributed by atoms with Gasteiger partial charge in [-0.05, 0) is 16.7 Å². The Balaban J connectivity index is 1.56. The highest BCUT2D eigenvalue weighted by Crippen LogP contribution is 2.42. The predicted octanol–water partition coefficient (Wildman–Crippen LogP) is 4.32. The molecule has 0 radical (unpaired) electrons. The minimum Gasteiger partial charge on any atom is -0.374 e. The molecule has 1 saturated heterocycles. The maximum atomic E-state index is 11.9. The molecule has 1 fully saturated rings. The van der Waals surface area contributed by atoms with E-state index in [1.807, 2.05) is 91.0 Å². The number of ether oxygens (including phenoxy) is 4. The van der Waals surface area contributed by atoms with Crippen LogP contribution in [0.1, 0.15) is 16.7 Å². The van der Waals surface area contributed by atoms with Gasteiger partial charge in [-0.3, -0.25) is 4.57 Å². The maximum absolute atomic E-state index is 11.9. The molecule has 8 heteroatoms. The lowest BCUT2D eigenvalue weighted by molar-refractivity contribution is -0.169. The van der Waals surface area contributed by atoms with E-state index in [2.05, 4.69) is 0 Å². The van der Waals surface area contributed by atoms with Crippen molar-refractivity contribution < 1.29 is 33.3 Å². The molecule has 2 N–H and O–H groups in total. The van der Waals surface area contributed by atoms with Crippen molar-refractivity contribution >= 4 is 7.60 Å². The highest BCUT2D eigenvalue weighted by molar-refractivity contribution is 7.51. The van der Waals surface area contributed by atoms with Crippen LogP contribution in [0.15, 0.2) is 91.0 Å². The zero-order valence-electron chi connectivity index (χ0n) is 19.4. The molecule has 0 aliphatic carbocycles. The minimum absolute atomic E-state index is 0.0960. The fourth-order valence-corrected chi connectivity index (χ4v) is 4.93. The van der Waals surface area contributed by atoms with Crippen LogP contribution in [0.25, 0.3) is 0 Å². The fraction of sp³-hybridized carbons (Fsp3) is 0.333. The third-order valence-electron chi connectivity index (χ3n) is 5.92. The highest BCUT2D eigenvalue weighted by Gasteiger charge is 2.53. The molecule has 3 atom stereocenters. The topological polar surface area (TPSA) is 94.5 Å². The van der Waals surface area contributed by atoms with E-state index in [-0.39, 0.29) is 26.4 Å². The molecular weight excluding hydrogens is 467 g/mol. The molecule has 35 heavy (non-hydrogen) atoms. The van der Waals surface area contributed by atoms with Crippen molar-refractivity contribution in [3.8, 4) is 0 Å². The lowest BCUT2D eigenvalue weighted by Crippen LogP contribution is -2.52. The van der Waals surface area contributed by atoms with Gasteiger partial charge in [0.1, 0.15) is 11.7 Å². The van der Waals surface area contributed by atoms with Crippen LogP contribution in [0, 0.1) is 0 Å². The van der Waals surface area contributed by atoms with Crippen LogP contribution in [-0.2, 0) is 43.3 Å². The van der Waals surface area contributed by atoms with E-state index < -0.39 is 31.6 Å². The van der Waals surface area contributed by atoms with Crippen LogP contribution >= 0.6 is 7.60 Å². The fourth-order valence-electron chi connectivity index (χ4n) is 4.17. The van der Waals surface area contributed by atoms with Crippen molar-refractivity contribution in [3.63, 3.8) is 0 Å². The molecule has 0 amide bonds. The molecule has 7 nitrogen and oxygen atoms in total. The summed E-state index contributed by atoms with van der Waals surface area (Å²) in [7, 11) is -4.36. The molecule has 3 aromatic carbocycles. The lowest BCUT2D eigenvalue weighted by atomic mass is 9.97. The smallest absolute Gasteiger partial charge is 0.328 e. The molecule has 0 aromatic heterocycles. The van der Waals surface area contributed by atoms with Gasteiger partial charge in [0.25, 0.3) is 0 Å². The van der Waals surface area contributed by atoms with Crippen molar-refractivity contribution in [2.75, 3.05) is 19.4 Å². The Morgan fingerprint density at radius 3 is 1.86 bits per heavy atom. The van der Waals surface area contributed by atoms with Crippen LogP contribution in [0.2, 0.25) is 0 Å². The first-order chi connectivity index (χ1) is 16.9. The SMILES string of the molecule is O=P(O)(O)C[C@H]1OC[C@@](COCc2ccccc2)(OCc2ccccc2)[C@H]1OCc1ccccc1. The third-order valence-corrected chi connectivity index (χ3v) is 6.75. The largest absolute Gasteiger partial charge is 0.374 e. The Labute approximate surface area is 205 Å². The molecule has 0 bridgehead atoms. The number of benzene rings is 3. The van der Waals surface area contributed by atoms with E-state index in [1.165, 1.54) is 0 Å². The minimum atomic E-state index is -4.36. The Bertz CT molecular complexity index is 1070. The van der Waals surface area contributed by atoms with Crippen LogP contribution in [0.4, 0.5) is 0 Å². The van der Waals surface area contributed by atoms with Gasteiger partial charge in [-0.1, -0.05) is 91.0 Å². The summed E-state index contributed by atoms with van der Waals surface area (Å²) < 4.78 is 36.6. The van der Waals surface area contributed by atoms with E-state index in [9.17, 15) is 14.4 Å². The molecule has 4 rings (SSSR count). The van der Waals surface area contributed by atoms with Crippen LogP contribution in [0.5, 0.6) is 0 Å². The molecule has 0 saturated carbocycles. The van der Waals surface area contributed by atoms with Crippen molar-refractivity contribution in [1.29, 1.82) is 0 Å². The summed E-state index contributed by atoms with van der Waals surface area (Å²) in [6, 6.07) is 29.1. The Kier molecular flexibility index (Phi) is 8.87. The van der Waals surface area contributed by atoms with Crippen LogP contribution in [-0.4, -0.2) is 47.0 Å². The molecule has 0 unspecified atom stereocenters. The van der Waals surface area contributed by atoms with Crippen molar-refractivity contribution in [3.05, 3.63) is 108 Å². The third kappa shape index (κ3) is 7.56. The standard InChI is InChI=1S/C27H31O7P/c28-35(29,30)19-25-26(32-17-23-12-6-2-7-13-23)27(21-33-25,34-18-24-14-8-3-9-15-24)20-31-16-22-10-4-1-5-11-22/h1-15,25-26H,16-21H2,(H2,28,29,30)/t25-,26+,27-/m1/s1. The van der Waals surface area contributed by atoms with Crippen molar-refractivity contribution in [1.82, 2.24) is 0 Å². The first-order valence-electron chi connectivity index (χ1n) is 11.5. The second kappa shape index (κ2) is 12.1. The quantitative estimate of drug-likeness (QED) is 0.359. The zero-order chi connectivity index (χ0) is 24.6. The van der Waals surface area contributed by atoms with E-state index in [0.717, 1.165) is 16.7 Å². The summed E-state index contributed by atoms with van der Waals surface area (Å²) >= 11 is 0. The van der Waals surface area contributed by atoms with Gasteiger partial charge in [-0.15, -0.1) is 0 Å². The summed E-state index contributed by atoms with van der Waals surface area (Å²) in [5, 5.41) is 0. The van der Waals surface area contributed by atoms with Gasteiger partial charge in [-0.2, -0.15) is 0 Å². The molecule has 1 aliphatic heterocycles. The normalized spacial score (nSPS) is 22.3. The second-order valence-corrected chi connectivity index (χ2v) is 10.4. The van der Waals surface area contributed by atoms with Crippen molar-refractivity contribution in [2.45, 2.75) is 37.6 Å². The van der Waals surface area contributed by atoms with E-state index in [4.69, 9.17) is 18.9 Å².